The molecule has 1 aliphatic heterocycles. The van der Waals surface area contributed by atoms with E-state index in [9.17, 15) is 9.59 Å². The predicted octanol–water partition coefficient (Wildman–Crippen LogP) is 3.05. The van der Waals surface area contributed by atoms with Gasteiger partial charge in [0.1, 0.15) is 12.3 Å². The average Bonchev–Trinajstić information content (AvgIpc) is 2.62. The van der Waals surface area contributed by atoms with Crippen molar-refractivity contribution < 1.29 is 14.3 Å². The van der Waals surface area contributed by atoms with Gasteiger partial charge in [-0.15, -0.1) is 0 Å². The molecule has 1 aliphatic rings. The number of carbonyl (C=O) groups excluding carboxylic acids is 2. The molecule has 0 atom stereocenters. The summed E-state index contributed by atoms with van der Waals surface area (Å²) in [5, 5.41) is 2.86. The summed E-state index contributed by atoms with van der Waals surface area (Å²) < 4.78 is 6.15. The van der Waals surface area contributed by atoms with Crippen LogP contribution in [0.25, 0.3) is 0 Å². The molecule has 0 unspecified atom stereocenters. The normalized spacial score (nSPS) is 13.4. The number of methoxy groups -OCH3 is 1. The lowest BCUT2D eigenvalue weighted by molar-refractivity contribution is -0.124. The standard InChI is InChI=1S/C19H19BrN2O3/c1-25-16-4-2-3-13(9-16)11-21-18(23)12-22-17-7-6-15(20)10-14(17)5-8-19(22)24/h2-4,6-7,9-10H,5,8,11-12H2,1H3,(H,21,23). The maximum atomic E-state index is 12.3. The Bertz CT molecular complexity index is 807. The van der Waals surface area contributed by atoms with Gasteiger partial charge < -0.3 is 15.0 Å². The number of rotatable bonds is 5. The zero-order chi connectivity index (χ0) is 17.8. The minimum Gasteiger partial charge on any atom is -0.497 e. The number of hydrogen-bond donors (Lipinski definition) is 1. The van der Waals surface area contributed by atoms with Crippen LogP contribution in [0.1, 0.15) is 17.5 Å². The molecule has 0 saturated heterocycles. The third kappa shape index (κ3) is 4.20. The molecule has 0 fully saturated rings. The van der Waals surface area contributed by atoms with Crippen LogP contribution < -0.4 is 15.0 Å². The van der Waals surface area contributed by atoms with Crippen LogP contribution in [0.3, 0.4) is 0 Å². The quantitative estimate of drug-likeness (QED) is 0.835. The van der Waals surface area contributed by atoms with Crippen molar-refractivity contribution in [1.82, 2.24) is 5.32 Å². The summed E-state index contributed by atoms with van der Waals surface area (Å²) in [6.45, 7) is 0.419. The van der Waals surface area contributed by atoms with Crippen molar-refractivity contribution >= 4 is 33.4 Å². The highest BCUT2D eigenvalue weighted by molar-refractivity contribution is 9.10. The second kappa shape index (κ2) is 7.70. The number of ether oxygens (including phenoxy) is 1. The molecule has 3 rings (SSSR count). The zero-order valence-electron chi connectivity index (χ0n) is 13.9. The number of nitrogens with zero attached hydrogens (tertiary/aromatic N) is 1. The van der Waals surface area contributed by atoms with E-state index < -0.39 is 0 Å². The van der Waals surface area contributed by atoms with E-state index in [1.807, 2.05) is 42.5 Å². The Labute approximate surface area is 155 Å². The number of nitrogens with one attached hydrogen (secondary N) is 1. The Kier molecular flexibility index (Phi) is 5.38. The number of carbonyl (C=O) groups is 2. The summed E-state index contributed by atoms with van der Waals surface area (Å²) in [5.41, 5.74) is 2.84. The van der Waals surface area contributed by atoms with Crippen LogP contribution in [0.4, 0.5) is 5.69 Å². The van der Waals surface area contributed by atoms with Crippen molar-refractivity contribution in [1.29, 1.82) is 0 Å². The first kappa shape index (κ1) is 17.5. The Morgan fingerprint density at radius 1 is 1.24 bits per heavy atom. The van der Waals surface area contributed by atoms with Gasteiger partial charge in [-0.3, -0.25) is 9.59 Å². The lowest BCUT2D eigenvalue weighted by atomic mass is 10.0. The van der Waals surface area contributed by atoms with Gasteiger partial charge in [0.05, 0.1) is 7.11 Å². The van der Waals surface area contributed by atoms with Crippen molar-refractivity contribution in [3.05, 3.63) is 58.1 Å². The molecule has 0 bridgehead atoms. The molecule has 1 N–H and O–H groups in total. The fraction of sp³-hybridized carbons (Fsp3) is 0.263. The number of benzene rings is 2. The highest BCUT2D eigenvalue weighted by Crippen LogP contribution is 2.30. The molecule has 2 aromatic carbocycles. The van der Waals surface area contributed by atoms with Crippen molar-refractivity contribution in [2.75, 3.05) is 18.6 Å². The Morgan fingerprint density at radius 2 is 2.08 bits per heavy atom. The third-order valence-corrected chi connectivity index (χ3v) is 4.66. The highest BCUT2D eigenvalue weighted by atomic mass is 79.9. The largest absolute Gasteiger partial charge is 0.497 e. The van der Waals surface area contributed by atoms with Crippen LogP contribution in [0.2, 0.25) is 0 Å². The van der Waals surface area contributed by atoms with Gasteiger partial charge in [0.2, 0.25) is 11.8 Å². The van der Waals surface area contributed by atoms with E-state index in [1.54, 1.807) is 12.0 Å². The van der Waals surface area contributed by atoms with E-state index in [1.165, 1.54) is 0 Å². The van der Waals surface area contributed by atoms with E-state index in [0.29, 0.717) is 19.4 Å². The fourth-order valence-corrected chi connectivity index (χ4v) is 3.29. The smallest absolute Gasteiger partial charge is 0.240 e. The molecule has 25 heavy (non-hydrogen) atoms. The Morgan fingerprint density at radius 3 is 2.88 bits per heavy atom. The summed E-state index contributed by atoms with van der Waals surface area (Å²) in [6.07, 6.45) is 1.13. The second-order valence-corrected chi connectivity index (χ2v) is 6.80. The summed E-state index contributed by atoms with van der Waals surface area (Å²) >= 11 is 3.45. The third-order valence-electron chi connectivity index (χ3n) is 4.17. The van der Waals surface area contributed by atoms with Crippen molar-refractivity contribution in [2.24, 2.45) is 0 Å². The van der Waals surface area contributed by atoms with E-state index in [2.05, 4.69) is 21.2 Å². The van der Waals surface area contributed by atoms with Gasteiger partial charge in [-0.25, -0.2) is 0 Å². The van der Waals surface area contributed by atoms with Gasteiger partial charge >= 0.3 is 0 Å². The van der Waals surface area contributed by atoms with E-state index >= 15 is 0 Å². The van der Waals surface area contributed by atoms with Gasteiger partial charge in [0.25, 0.3) is 0 Å². The van der Waals surface area contributed by atoms with Gasteiger partial charge in [-0.05, 0) is 47.9 Å². The maximum Gasteiger partial charge on any atom is 0.240 e. The lowest BCUT2D eigenvalue weighted by Crippen LogP contribution is -2.42. The van der Waals surface area contributed by atoms with E-state index in [4.69, 9.17) is 4.74 Å². The van der Waals surface area contributed by atoms with Crippen LogP contribution in [0.5, 0.6) is 5.75 Å². The molecule has 2 aromatic rings. The summed E-state index contributed by atoms with van der Waals surface area (Å²) in [6, 6.07) is 13.3. The SMILES string of the molecule is COc1cccc(CNC(=O)CN2C(=O)CCc3cc(Br)ccc32)c1. The number of amides is 2. The number of fused-ring (bicyclic) bond motifs is 1. The number of halogens is 1. The molecular weight excluding hydrogens is 384 g/mol. The summed E-state index contributed by atoms with van der Waals surface area (Å²) in [4.78, 5) is 26.1. The molecule has 0 aliphatic carbocycles. The molecule has 0 aromatic heterocycles. The highest BCUT2D eigenvalue weighted by Gasteiger charge is 2.25. The van der Waals surface area contributed by atoms with E-state index in [0.717, 1.165) is 27.0 Å². The number of aryl methyl sites for hydroxylation is 1. The molecule has 6 heteroatoms. The molecule has 5 nitrogen and oxygen atoms in total. The van der Waals surface area contributed by atoms with Gasteiger partial charge in [-0.2, -0.15) is 0 Å². The minimum atomic E-state index is -0.188. The van der Waals surface area contributed by atoms with Gasteiger partial charge in [-0.1, -0.05) is 28.1 Å². The zero-order valence-corrected chi connectivity index (χ0v) is 15.5. The van der Waals surface area contributed by atoms with Crippen molar-refractivity contribution in [3.8, 4) is 5.75 Å². The first-order chi connectivity index (χ1) is 12.1. The minimum absolute atomic E-state index is 0.0219. The number of hydrogen-bond acceptors (Lipinski definition) is 3. The van der Waals surface area contributed by atoms with Crippen LogP contribution >= 0.6 is 15.9 Å². The summed E-state index contributed by atoms with van der Waals surface area (Å²) in [5.74, 6) is 0.538. The van der Waals surface area contributed by atoms with Crippen molar-refractivity contribution in [2.45, 2.75) is 19.4 Å². The molecular formula is C19H19BrN2O3. The average molecular weight is 403 g/mol. The molecule has 130 valence electrons. The Hall–Kier alpha value is -2.34. The molecule has 0 saturated carbocycles. The summed E-state index contributed by atoms with van der Waals surface area (Å²) in [7, 11) is 1.61. The van der Waals surface area contributed by atoms with Crippen LogP contribution in [0.15, 0.2) is 46.9 Å². The van der Waals surface area contributed by atoms with Crippen molar-refractivity contribution in [3.63, 3.8) is 0 Å². The monoisotopic (exact) mass is 402 g/mol. The van der Waals surface area contributed by atoms with Gasteiger partial charge in [0, 0.05) is 23.1 Å². The van der Waals surface area contributed by atoms with Gasteiger partial charge in [0.15, 0.2) is 0 Å². The van der Waals surface area contributed by atoms with E-state index in [-0.39, 0.29) is 18.4 Å². The second-order valence-electron chi connectivity index (χ2n) is 5.88. The molecule has 2 amide bonds. The predicted molar refractivity (Wildman–Crippen MR) is 99.7 cm³/mol. The topological polar surface area (TPSA) is 58.6 Å². The fourth-order valence-electron chi connectivity index (χ4n) is 2.88. The molecule has 0 spiro atoms. The van der Waals surface area contributed by atoms with Crippen LogP contribution in [-0.2, 0) is 22.6 Å². The first-order valence-corrected chi connectivity index (χ1v) is 8.84. The maximum absolute atomic E-state index is 12.3. The molecule has 1 heterocycles. The van der Waals surface area contributed by atoms with Crippen LogP contribution in [-0.4, -0.2) is 25.5 Å². The molecule has 0 radical (unpaired) electrons. The Balaban J connectivity index is 1.65. The van der Waals surface area contributed by atoms with Crippen LogP contribution in [0, 0.1) is 0 Å². The first-order valence-electron chi connectivity index (χ1n) is 8.05. The number of anilines is 1. The lowest BCUT2D eigenvalue weighted by Gasteiger charge is -2.29.